The minimum Gasteiger partial charge on any atom is -0.388 e. The molecule has 1 N–H and O–H groups in total. The van der Waals surface area contributed by atoms with E-state index in [9.17, 15) is 0 Å². The van der Waals surface area contributed by atoms with Crippen molar-refractivity contribution >= 4 is 5.69 Å². The lowest BCUT2D eigenvalue weighted by Gasteiger charge is -2.19. The van der Waals surface area contributed by atoms with E-state index in [2.05, 4.69) is 17.4 Å². The second-order valence-electron chi connectivity index (χ2n) is 4.69. The number of rotatable bonds is 3. The van der Waals surface area contributed by atoms with Gasteiger partial charge in [-0.3, -0.25) is 0 Å². The van der Waals surface area contributed by atoms with Gasteiger partial charge in [-0.05, 0) is 26.3 Å². The number of nitrogens with one attached hydrogen (secondary N) is 1. The van der Waals surface area contributed by atoms with Gasteiger partial charge in [-0.15, -0.1) is 0 Å². The van der Waals surface area contributed by atoms with Gasteiger partial charge in [-0.2, -0.15) is 0 Å². The molecule has 1 aliphatic heterocycles. The van der Waals surface area contributed by atoms with Crippen LogP contribution in [0.1, 0.15) is 32.4 Å². The van der Waals surface area contributed by atoms with Crippen LogP contribution in [0.3, 0.4) is 0 Å². The summed E-state index contributed by atoms with van der Waals surface area (Å²) in [6.07, 6.45) is 2.00. The first-order valence-electron chi connectivity index (χ1n) is 5.99. The number of benzene rings is 1. The van der Waals surface area contributed by atoms with E-state index < -0.39 is 5.79 Å². The zero-order valence-electron chi connectivity index (χ0n) is 10.9. The molecule has 1 aromatic rings. The first kappa shape index (κ1) is 12.4. The lowest BCUT2D eigenvalue weighted by Crippen LogP contribution is -2.21. The molecule has 93 valence electrons. The average molecular weight is 234 g/mol. The Hall–Kier alpha value is -1.06. The van der Waals surface area contributed by atoms with E-state index in [1.807, 2.05) is 46.4 Å². The molecule has 0 unspecified atom stereocenters. The lowest BCUT2D eigenvalue weighted by atomic mass is 10.0. The number of hydrogen-bond donors (Lipinski definition) is 1. The van der Waals surface area contributed by atoms with Crippen molar-refractivity contribution in [2.24, 2.45) is 0 Å². The standard InChI is InChI=1S/C14H20NO2/c1-5-12-13(17-14(2,3)16-12)10-8-6-7-9-11(10)15-4/h5-9,12-13,15H,1-4H3/t12-,13-/m1/s1. The first-order chi connectivity index (χ1) is 8.07. The summed E-state index contributed by atoms with van der Waals surface area (Å²) in [5.74, 6) is -0.525. The molecule has 2 rings (SSSR count). The molecule has 3 nitrogen and oxygen atoms in total. The monoisotopic (exact) mass is 234 g/mol. The molecule has 0 spiro atoms. The van der Waals surface area contributed by atoms with Crippen molar-refractivity contribution in [3.63, 3.8) is 0 Å². The summed E-state index contributed by atoms with van der Waals surface area (Å²) in [7, 11) is 1.92. The fraction of sp³-hybridized carbons (Fsp3) is 0.500. The largest absolute Gasteiger partial charge is 0.388 e. The maximum atomic E-state index is 5.99. The zero-order chi connectivity index (χ0) is 12.5. The van der Waals surface area contributed by atoms with Crippen LogP contribution in [0.15, 0.2) is 24.3 Å². The average Bonchev–Trinajstić information content (AvgIpc) is 2.64. The van der Waals surface area contributed by atoms with Crippen molar-refractivity contribution in [2.45, 2.75) is 38.8 Å². The van der Waals surface area contributed by atoms with Gasteiger partial charge in [-0.25, -0.2) is 0 Å². The summed E-state index contributed by atoms with van der Waals surface area (Å²) in [5.41, 5.74) is 2.23. The summed E-state index contributed by atoms with van der Waals surface area (Å²) in [6.45, 7) is 5.90. The van der Waals surface area contributed by atoms with Crippen LogP contribution < -0.4 is 5.32 Å². The van der Waals surface area contributed by atoms with Crippen LogP contribution in [0.2, 0.25) is 0 Å². The highest BCUT2D eigenvalue weighted by atomic mass is 16.7. The molecule has 1 saturated heterocycles. The van der Waals surface area contributed by atoms with Crippen LogP contribution in [-0.4, -0.2) is 18.9 Å². The highest BCUT2D eigenvalue weighted by Gasteiger charge is 2.41. The van der Waals surface area contributed by atoms with Crippen molar-refractivity contribution in [1.82, 2.24) is 0 Å². The van der Waals surface area contributed by atoms with Gasteiger partial charge in [0, 0.05) is 18.3 Å². The van der Waals surface area contributed by atoms with Crippen LogP contribution in [0.5, 0.6) is 0 Å². The van der Waals surface area contributed by atoms with Gasteiger partial charge in [0.05, 0.1) is 6.10 Å². The van der Waals surface area contributed by atoms with Crippen LogP contribution in [0.4, 0.5) is 5.69 Å². The van der Waals surface area contributed by atoms with E-state index in [1.54, 1.807) is 0 Å². The van der Waals surface area contributed by atoms with Crippen LogP contribution >= 0.6 is 0 Å². The highest BCUT2D eigenvalue weighted by molar-refractivity contribution is 5.52. The molecule has 0 saturated carbocycles. The van der Waals surface area contributed by atoms with Crippen molar-refractivity contribution in [1.29, 1.82) is 0 Å². The second-order valence-corrected chi connectivity index (χ2v) is 4.69. The first-order valence-corrected chi connectivity index (χ1v) is 5.99. The van der Waals surface area contributed by atoms with Gasteiger partial charge in [-0.1, -0.05) is 25.1 Å². The minimum absolute atomic E-state index is 0.000463. The molecular formula is C14H20NO2. The molecule has 0 aliphatic carbocycles. The summed E-state index contributed by atoms with van der Waals surface area (Å²) in [6, 6.07) is 8.17. The minimum atomic E-state index is -0.525. The predicted octanol–water partition coefficient (Wildman–Crippen LogP) is 3.15. The van der Waals surface area contributed by atoms with Gasteiger partial charge in [0.2, 0.25) is 0 Å². The topological polar surface area (TPSA) is 30.5 Å². The number of anilines is 1. The fourth-order valence-electron chi connectivity index (χ4n) is 2.25. The normalized spacial score (nSPS) is 27.1. The summed E-state index contributed by atoms with van der Waals surface area (Å²) in [4.78, 5) is 0. The number of para-hydroxylation sites is 1. The maximum Gasteiger partial charge on any atom is 0.164 e. The molecule has 0 amide bonds. The molecular weight excluding hydrogens is 214 g/mol. The second kappa shape index (κ2) is 4.67. The third-order valence-corrected chi connectivity index (χ3v) is 2.99. The fourth-order valence-corrected chi connectivity index (χ4v) is 2.25. The van der Waals surface area contributed by atoms with Crippen LogP contribution in [-0.2, 0) is 9.47 Å². The molecule has 1 fully saturated rings. The highest BCUT2D eigenvalue weighted by Crippen LogP contribution is 2.41. The molecule has 0 aromatic heterocycles. The maximum absolute atomic E-state index is 5.99. The van der Waals surface area contributed by atoms with E-state index in [-0.39, 0.29) is 12.2 Å². The molecule has 1 aromatic carbocycles. The zero-order valence-corrected chi connectivity index (χ0v) is 10.9. The molecule has 3 heteroatoms. The van der Waals surface area contributed by atoms with Gasteiger partial charge >= 0.3 is 0 Å². The quantitative estimate of drug-likeness (QED) is 0.871. The third kappa shape index (κ3) is 2.45. The molecule has 2 atom stereocenters. The van der Waals surface area contributed by atoms with E-state index in [1.165, 1.54) is 0 Å². The molecule has 1 heterocycles. The van der Waals surface area contributed by atoms with E-state index in [4.69, 9.17) is 9.47 Å². The Morgan fingerprint density at radius 1 is 1.24 bits per heavy atom. The number of ether oxygens (including phenoxy) is 2. The Balaban J connectivity index is 2.32. The van der Waals surface area contributed by atoms with Crippen molar-refractivity contribution in [3.8, 4) is 0 Å². The molecule has 17 heavy (non-hydrogen) atoms. The van der Waals surface area contributed by atoms with E-state index >= 15 is 0 Å². The van der Waals surface area contributed by atoms with Gasteiger partial charge in [0.15, 0.2) is 5.79 Å². The van der Waals surface area contributed by atoms with Crippen molar-refractivity contribution < 1.29 is 9.47 Å². The summed E-state index contributed by atoms with van der Waals surface area (Å²) >= 11 is 0. The third-order valence-electron chi connectivity index (χ3n) is 2.99. The molecule has 0 bridgehead atoms. The smallest absolute Gasteiger partial charge is 0.164 e. The van der Waals surface area contributed by atoms with Gasteiger partial charge in [0.1, 0.15) is 6.10 Å². The van der Waals surface area contributed by atoms with Crippen LogP contribution in [0, 0.1) is 6.42 Å². The lowest BCUT2D eigenvalue weighted by molar-refractivity contribution is -0.144. The molecule has 1 aliphatic rings. The Morgan fingerprint density at radius 3 is 2.59 bits per heavy atom. The number of hydrogen-bond acceptors (Lipinski definition) is 3. The Kier molecular flexibility index (Phi) is 3.40. The van der Waals surface area contributed by atoms with E-state index in [0.29, 0.717) is 0 Å². The predicted molar refractivity (Wildman–Crippen MR) is 68.7 cm³/mol. The van der Waals surface area contributed by atoms with Crippen LogP contribution in [0.25, 0.3) is 0 Å². The van der Waals surface area contributed by atoms with Crippen molar-refractivity contribution in [2.75, 3.05) is 12.4 Å². The Labute approximate surface area is 103 Å². The van der Waals surface area contributed by atoms with E-state index in [0.717, 1.165) is 11.3 Å². The van der Waals surface area contributed by atoms with Gasteiger partial charge in [0.25, 0.3) is 0 Å². The van der Waals surface area contributed by atoms with Gasteiger partial charge < -0.3 is 14.8 Å². The summed E-state index contributed by atoms with van der Waals surface area (Å²) < 4.78 is 11.8. The Morgan fingerprint density at radius 2 is 1.94 bits per heavy atom. The van der Waals surface area contributed by atoms with Crippen molar-refractivity contribution in [3.05, 3.63) is 36.2 Å². The summed E-state index contributed by atoms with van der Waals surface area (Å²) in [5, 5.41) is 3.20. The molecule has 1 radical (unpaired) electrons. The Bertz CT molecular complexity index is 390. The SMILES string of the molecule is C[CH][C@H]1OC(C)(C)O[C@@H]1c1ccccc1NC.